The molecule has 1 fully saturated rings. The van der Waals surface area contributed by atoms with Crippen LogP contribution in [-0.2, 0) is 4.79 Å². The van der Waals surface area contributed by atoms with E-state index in [1.807, 2.05) is 61.5 Å². The average Bonchev–Trinajstić information content (AvgIpc) is 2.99. The molecule has 0 saturated carbocycles. The number of carbonyl (C=O) groups excluding carboxylic acids is 1. The molecule has 0 N–H and O–H groups in total. The molecule has 0 bridgehead atoms. The zero-order valence-electron chi connectivity index (χ0n) is 16.6. The number of thiocarbonyl (C=S) groups is 1. The SMILES string of the molecule is C#CCOc1c(I)cc(/C=C2/SC(=S)N(c3ccc(N(C)C)cc3)C2=O)cc1OC. The maximum absolute atomic E-state index is 13.0. The average molecular weight is 550 g/mol. The van der Waals surface area contributed by atoms with Gasteiger partial charge in [-0.3, -0.25) is 9.69 Å². The van der Waals surface area contributed by atoms with Crippen LogP contribution in [0.2, 0.25) is 0 Å². The number of anilines is 2. The summed E-state index contributed by atoms with van der Waals surface area (Å²) in [6.45, 7) is 0.150. The van der Waals surface area contributed by atoms with Crippen LogP contribution in [0.25, 0.3) is 6.08 Å². The summed E-state index contributed by atoms with van der Waals surface area (Å²) in [7, 11) is 5.50. The monoisotopic (exact) mass is 550 g/mol. The summed E-state index contributed by atoms with van der Waals surface area (Å²) >= 11 is 8.91. The van der Waals surface area contributed by atoms with Gasteiger partial charge in [-0.05, 0) is 70.6 Å². The lowest BCUT2D eigenvalue weighted by molar-refractivity contribution is -0.113. The lowest BCUT2D eigenvalue weighted by atomic mass is 10.1. The van der Waals surface area contributed by atoms with Gasteiger partial charge in [-0.15, -0.1) is 6.42 Å². The van der Waals surface area contributed by atoms with Crippen molar-refractivity contribution < 1.29 is 14.3 Å². The van der Waals surface area contributed by atoms with Crippen LogP contribution in [0.15, 0.2) is 41.3 Å². The number of nitrogens with zero attached hydrogens (tertiary/aromatic N) is 2. The number of terminal acetylenes is 1. The third kappa shape index (κ3) is 4.74. The standard InChI is InChI=1S/C22H19IN2O3S2/c1-5-10-28-20-17(23)11-14(12-18(20)27-4)13-19-21(26)25(22(29)30-19)16-8-6-15(7-9-16)24(2)3/h1,6-9,11-13H,10H2,2-4H3/b19-13+. The largest absolute Gasteiger partial charge is 0.493 e. The zero-order chi connectivity index (χ0) is 21.8. The first kappa shape index (κ1) is 22.5. The van der Waals surface area contributed by atoms with Gasteiger partial charge >= 0.3 is 0 Å². The van der Waals surface area contributed by atoms with Crippen LogP contribution in [0.4, 0.5) is 11.4 Å². The molecule has 0 atom stereocenters. The number of halogens is 1. The number of thioether (sulfide) groups is 1. The molecule has 0 radical (unpaired) electrons. The molecule has 2 aromatic carbocycles. The van der Waals surface area contributed by atoms with E-state index >= 15 is 0 Å². The Bertz CT molecular complexity index is 1060. The minimum atomic E-state index is -0.149. The Kier molecular flexibility index (Phi) is 7.28. The molecule has 1 amide bonds. The van der Waals surface area contributed by atoms with Crippen molar-refractivity contribution in [2.24, 2.45) is 0 Å². The van der Waals surface area contributed by atoms with E-state index in [1.54, 1.807) is 12.0 Å². The number of amides is 1. The molecular weight excluding hydrogens is 531 g/mol. The fourth-order valence-electron chi connectivity index (χ4n) is 2.82. The summed E-state index contributed by atoms with van der Waals surface area (Å²) in [5, 5.41) is 0. The second-order valence-corrected chi connectivity index (χ2v) is 9.29. The summed E-state index contributed by atoms with van der Waals surface area (Å²) in [4.78, 5) is 17.1. The third-order valence-corrected chi connectivity index (χ3v) is 6.37. The van der Waals surface area contributed by atoms with Crippen molar-refractivity contribution in [2.75, 3.05) is 37.6 Å². The molecule has 5 nitrogen and oxygen atoms in total. The predicted molar refractivity (Wildman–Crippen MR) is 136 cm³/mol. The van der Waals surface area contributed by atoms with Crippen LogP contribution in [0.5, 0.6) is 11.5 Å². The molecule has 8 heteroatoms. The highest BCUT2D eigenvalue weighted by atomic mass is 127. The molecule has 0 aromatic heterocycles. The number of carbonyl (C=O) groups is 1. The van der Waals surface area contributed by atoms with Crippen LogP contribution >= 0.6 is 46.6 Å². The molecule has 0 unspecified atom stereocenters. The highest BCUT2D eigenvalue weighted by molar-refractivity contribution is 14.1. The van der Waals surface area contributed by atoms with Crippen molar-refractivity contribution in [3.63, 3.8) is 0 Å². The van der Waals surface area contributed by atoms with Crippen molar-refractivity contribution in [1.82, 2.24) is 0 Å². The van der Waals surface area contributed by atoms with Gasteiger partial charge in [0.05, 0.1) is 21.3 Å². The second kappa shape index (κ2) is 9.73. The van der Waals surface area contributed by atoms with E-state index in [4.69, 9.17) is 28.1 Å². The summed E-state index contributed by atoms with van der Waals surface area (Å²) in [6, 6.07) is 11.4. The van der Waals surface area contributed by atoms with E-state index in [9.17, 15) is 4.79 Å². The molecule has 1 heterocycles. The van der Waals surface area contributed by atoms with E-state index in [0.717, 1.165) is 20.5 Å². The van der Waals surface area contributed by atoms with Crippen molar-refractivity contribution in [3.05, 3.63) is 50.4 Å². The Labute approximate surface area is 199 Å². The van der Waals surface area contributed by atoms with Gasteiger partial charge in [0.15, 0.2) is 15.8 Å². The first-order valence-corrected chi connectivity index (χ1v) is 11.1. The lowest BCUT2D eigenvalue weighted by Gasteiger charge is -2.17. The summed E-state index contributed by atoms with van der Waals surface area (Å²) < 4.78 is 12.4. The van der Waals surface area contributed by atoms with Gasteiger partial charge < -0.3 is 14.4 Å². The van der Waals surface area contributed by atoms with Crippen LogP contribution in [0.3, 0.4) is 0 Å². The predicted octanol–water partition coefficient (Wildman–Crippen LogP) is 4.78. The quantitative estimate of drug-likeness (QED) is 0.223. The second-order valence-electron chi connectivity index (χ2n) is 6.45. The van der Waals surface area contributed by atoms with Gasteiger partial charge in [0.25, 0.3) is 5.91 Å². The maximum atomic E-state index is 13.0. The molecule has 154 valence electrons. The maximum Gasteiger partial charge on any atom is 0.270 e. The van der Waals surface area contributed by atoms with E-state index in [2.05, 4.69) is 28.5 Å². The summed E-state index contributed by atoms with van der Waals surface area (Å²) in [5.41, 5.74) is 2.61. The van der Waals surface area contributed by atoms with Gasteiger partial charge in [0.1, 0.15) is 6.61 Å². The molecule has 3 rings (SSSR count). The van der Waals surface area contributed by atoms with Crippen LogP contribution in [0.1, 0.15) is 5.56 Å². The Hall–Kier alpha value is -2.22. The van der Waals surface area contributed by atoms with Gasteiger partial charge in [0, 0.05) is 19.8 Å². The summed E-state index contributed by atoms with van der Waals surface area (Å²) in [5.74, 6) is 3.44. The molecule has 1 aliphatic heterocycles. The molecule has 30 heavy (non-hydrogen) atoms. The molecule has 1 aliphatic rings. The Morgan fingerprint density at radius 1 is 1.30 bits per heavy atom. The Morgan fingerprint density at radius 3 is 2.60 bits per heavy atom. The molecule has 0 aliphatic carbocycles. The number of benzene rings is 2. The number of methoxy groups -OCH3 is 1. The van der Waals surface area contributed by atoms with Gasteiger partial charge in [-0.1, -0.05) is 29.9 Å². The number of ether oxygens (including phenoxy) is 2. The van der Waals surface area contributed by atoms with Gasteiger partial charge in [-0.25, -0.2) is 0 Å². The highest BCUT2D eigenvalue weighted by Gasteiger charge is 2.33. The Balaban J connectivity index is 1.90. The summed E-state index contributed by atoms with van der Waals surface area (Å²) in [6.07, 6.45) is 7.09. The minimum Gasteiger partial charge on any atom is -0.493 e. The lowest BCUT2D eigenvalue weighted by Crippen LogP contribution is -2.27. The highest BCUT2D eigenvalue weighted by Crippen LogP contribution is 2.39. The van der Waals surface area contributed by atoms with Crippen molar-refractivity contribution in [1.29, 1.82) is 0 Å². The van der Waals surface area contributed by atoms with E-state index in [-0.39, 0.29) is 12.5 Å². The first-order chi connectivity index (χ1) is 14.3. The van der Waals surface area contributed by atoms with E-state index < -0.39 is 0 Å². The normalized spacial score (nSPS) is 14.8. The van der Waals surface area contributed by atoms with Gasteiger partial charge in [-0.2, -0.15) is 0 Å². The van der Waals surface area contributed by atoms with E-state index in [0.29, 0.717) is 20.7 Å². The topological polar surface area (TPSA) is 42.0 Å². The number of hydrogen-bond acceptors (Lipinski definition) is 6. The van der Waals surface area contributed by atoms with Crippen LogP contribution in [-0.4, -0.2) is 38.0 Å². The zero-order valence-corrected chi connectivity index (χ0v) is 20.4. The van der Waals surface area contributed by atoms with Crippen molar-refractivity contribution in [3.8, 4) is 23.8 Å². The van der Waals surface area contributed by atoms with Crippen LogP contribution in [0, 0.1) is 15.9 Å². The fourth-order valence-corrected chi connectivity index (χ4v) is 4.90. The Morgan fingerprint density at radius 2 is 2.00 bits per heavy atom. The molecule has 1 saturated heterocycles. The smallest absolute Gasteiger partial charge is 0.270 e. The van der Waals surface area contributed by atoms with E-state index in [1.165, 1.54) is 11.8 Å². The third-order valence-electron chi connectivity index (χ3n) is 4.27. The molecule has 0 spiro atoms. The van der Waals surface area contributed by atoms with Crippen LogP contribution < -0.4 is 19.3 Å². The first-order valence-electron chi connectivity index (χ1n) is 8.85. The number of hydrogen-bond donors (Lipinski definition) is 0. The number of rotatable bonds is 6. The van der Waals surface area contributed by atoms with Gasteiger partial charge in [0.2, 0.25) is 0 Å². The minimum absolute atomic E-state index is 0.149. The van der Waals surface area contributed by atoms with Crippen molar-refractivity contribution >= 4 is 74.2 Å². The van der Waals surface area contributed by atoms with Crippen molar-refractivity contribution in [2.45, 2.75) is 0 Å². The molecular formula is C22H19IN2O3S2. The fraction of sp³-hybridized carbons (Fsp3) is 0.182. The molecule has 2 aromatic rings.